The Labute approximate surface area is 118 Å². The Morgan fingerprint density at radius 2 is 2.00 bits per heavy atom. The number of urea groups is 1. The molecule has 0 saturated carbocycles. The van der Waals surface area contributed by atoms with E-state index in [1.165, 1.54) is 4.90 Å². The van der Waals surface area contributed by atoms with E-state index in [0.717, 1.165) is 6.33 Å². The van der Waals surface area contributed by atoms with Crippen LogP contribution in [0.3, 0.4) is 0 Å². The number of nitrogens with zero attached hydrogens (tertiary/aromatic N) is 5. The molecule has 1 aliphatic heterocycles. The van der Waals surface area contributed by atoms with E-state index in [2.05, 4.69) is 10.1 Å². The van der Waals surface area contributed by atoms with Gasteiger partial charge in [0.05, 0.1) is 0 Å². The van der Waals surface area contributed by atoms with Crippen LogP contribution in [-0.4, -0.2) is 50.9 Å². The summed E-state index contributed by atoms with van der Waals surface area (Å²) in [6.45, 7) is 2.70. The zero-order valence-electron chi connectivity index (χ0n) is 11.5. The van der Waals surface area contributed by atoms with Crippen LogP contribution in [0.5, 0.6) is 0 Å². The highest BCUT2D eigenvalue weighted by atomic mass is 19.4. The van der Waals surface area contributed by atoms with Gasteiger partial charge >= 0.3 is 12.2 Å². The van der Waals surface area contributed by atoms with Gasteiger partial charge in [0.2, 0.25) is 0 Å². The number of imide groups is 1. The predicted octanol–water partition coefficient (Wildman–Crippen LogP) is 1.26. The summed E-state index contributed by atoms with van der Waals surface area (Å²) in [5, 5.41) is 3.54. The molecule has 1 saturated heterocycles. The fourth-order valence-corrected chi connectivity index (χ4v) is 1.98. The second kappa shape index (κ2) is 5.34. The highest BCUT2D eigenvalue weighted by molar-refractivity contribution is 6.18. The number of hydrogen-bond acceptors (Lipinski definition) is 4. The zero-order chi connectivity index (χ0) is 15.8. The topological polar surface area (TPSA) is 71.3 Å². The summed E-state index contributed by atoms with van der Waals surface area (Å²) in [5.74, 6) is -0.719. The van der Waals surface area contributed by atoms with Gasteiger partial charge in [-0.1, -0.05) is 13.8 Å². The monoisotopic (exact) mass is 305 g/mol. The maximum atomic E-state index is 12.2. The van der Waals surface area contributed by atoms with Gasteiger partial charge in [-0.25, -0.2) is 9.48 Å². The Kier molecular flexibility index (Phi) is 3.88. The van der Waals surface area contributed by atoms with Crippen molar-refractivity contribution in [2.45, 2.75) is 26.6 Å². The summed E-state index contributed by atoms with van der Waals surface area (Å²) >= 11 is 0. The molecule has 10 heteroatoms. The van der Waals surface area contributed by atoms with Crippen molar-refractivity contribution in [3.8, 4) is 0 Å². The molecule has 1 aromatic heterocycles. The fourth-order valence-electron chi connectivity index (χ4n) is 1.98. The first kappa shape index (κ1) is 15.3. The molecule has 21 heavy (non-hydrogen) atoms. The molecule has 0 radical (unpaired) electrons. The number of rotatable bonds is 4. The van der Waals surface area contributed by atoms with Crippen LogP contribution in [0.1, 0.15) is 13.8 Å². The minimum absolute atomic E-state index is 0.120. The Bertz CT molecular complexity index is 554. The van der Waals surface area contributed by atoms with Crippen LogP contribution in [0, 0.1) is 5.92 Å². The van der Waals surface area contributed by atoms with E-state index >= 15 is 0 Å². The van der Waals surface area contributed by atoms with E-state index in [0.29, 0.717) is 16.1 Å². The van der Waals surface area contributed by atoms with Crippen LogP contribution in [0.2, 0.25) is 0 Å². The Morgan fingerprint density at radius 1 is 1.33 bits per heavy atom. The molecule has 1 aromatic rings. The molecule has 1 fully saturated rings. The van der Waals surface area contributed by atoms with Gasteiger partial charge in [-0.15, -0.1) is 5.10 Å². The third-order valence-electron chi connectivity index (χ3n) is 2.69. The van der Waals surface area contributed by atoms with Crippen molar-refractivity contribution in [3.05, 3.63) is 6.33 Å². The van der Waals surface area contributed by atoms with Gasteiger partial charge in [-0.2, -0.15) is 23.1 Å². The van der Waals surface area contributed by atoms with Crippen LogP contribution in [0.15, 0.2) is 6.33 Å². The van der Waals surface area contributed by atoms with E-state index in [1.807, 2.05) is 13.8 Å². The molecule has 0 aliphatic carbocycles. The van der Waals surface area contributed by atoms with Crippen molar-refractivity contribution < 1.29 is 22.8 Å². The van der Waals surface area contributed by atoms with Crippen molar-refractivity contribution in [1.82, 2.24) is 19.7 Å². The number of hydrogen-bond donors (Lipinski definition) is 0. The summed E-state index contributed by atoms with van der Waals surface area (Å²) in [4.78, 5) is 29.5. The molecule has 0 bridgehead atoms. The number of amides is 3. The Balaban J connectivity index is 2.15. The standard InChI is InChI=1S/C11H14F3N5O2/c1-7(2)3-17-4-8(20)19(10(17)21)9-15-6-18(16-9)5-11(12,13)14/h6-7H,3-5H2,1-2H3. The Morgan fingerprint density at radius 3 is 2.57 bits per heavy atom. The molecule has 0 aromatic carbocycles. The minimum atomic E-state index is -4.45. The molecule has 3 amide bonds. The van der Waals surface area contributed by atoms with Crippen molar-refractivity contribution in [2.75, 3.05) is 18.0 Å². The molecule has 1 aliphatic rings. The fraction of sp³-hybridized carbons (Fsp3) is 0.636. The highest BCUT2D eigenvalue weighted by Gasteiger charge is 2.39. The van der Waals surface area contributed by atoms with Crippen LogP contribution < -0.4 is 4.90 Å². The van der Waals surface area contributed by atoms with Crippen LogP contribution >= 0.6 is 0 Å². The number of carbonyl (C=O) groups excluding carboxylic acids is 2. The summed E-state index contributed by atoms with van der Waals surface area (Å²) in [6, 6.07) is -0.613. The summed E-state index contributed by atoms with van der Waals surface area (Å²) in [5.41, 5.74) is 0. The lowest BCUT2D eigenvalue weighted by Crippen LogP contribution is -2.35. The van der Waals surface area contributed by atoms with E-state index in [9.17, 15) is 22.8 Å². The largest absolute Gasteiger partial charge is 0.408 e. The zero-order valence-corrected chi connectivity index (χ0v) is 11.5. The molecule has 2 rings (SSSR count). The normalized spacial score (nSPS) is 16.5. The number of aromatic nitrogens is 3. The smallest absolute Gasteiger partial charge is 0.314 e. The Hall–Kier alpha value is -2.13. The second-order valence-corrected chi connectivity index (χ2v) is 5.14. The van der Waals surface area contributed by atoms with Crippen LogP contribution in [0.4, 0.5) is 23.9 Å². The molecule has 0 unspecified atom stereocenters. The van der Waals surface area contributed by atoms with E-state index in [4.69, 9.17) is 0 Å². The summed E-state index contributed by atoms with van der Waals surface area (Å²) < 4.78 is 37.3. The first-order chi connectivity index (χ1) is 9.67. The first-order valence-corrected chi connectivity index (χ1v) is 6.25. The lowest BCUT2D eigenvalue weighted by molar-refractivity contribution is -0.142. The maximum Gasteiger partial charge on any atom is 0.408 e. The number of carbonyl (C=O) groups is 2. The molecule has 0 spiro atoms. The van der Waals surface area contributed by atoms with Crippen LogP contribution in [0.25, 0.3) is 0 Å². The van der Waals surface area contributed by atoms with Gasteiger partial charge in [0.15, 0.2) is 0 Å². The molecular formula is C11H14F3N5O2. The van der Waals surface area contributed by atoms with Crippen molar-refractivity contribution in [2.24, 2.45) is 5.92 Å². The number of halogens is 3. The third-order valence-corrected chi connectivity index (χ3v) is 2.69. The van der Waals surface area contributed by atoms with Gasteiger partial charge in [-0.05, 0) is 5.92 Å². The predicted molar refractivity (Wildman–Crippen MR) is 65.4 cm³/mol. The maximum absolute atomic E-state index is 12.2. The lowest BCUT2D eigenvalue weighted by atomic mass is 10.2. The molecular weight excluding hydrogens is 291 g/mol. The lowest BCUT2D eigenvalue weighted by Gasteiger charge is -2.16. The molecule has 2 heterocycles. The van der Waals surface area contributed by atoms with Gasteiger partial charge in [0.25, 0.3) is 11.9 Å². The van der Waals surface area contributed by atoms with Gasteiger partial charge in [0.1, 0.15) is 19.4 Å². The second-order valence-electron chi connectivity index (χ2n) is 5.14. The van der Waals surface area contributed by atoms with Crippen molar-refractivity contribution >= 4 is 17.9 Å². The van der Waals surface area contributed by atoms with E-state index < -0.39 is 24.7 Å². The van der Waals surface area contributed by atoms with Crippen LogP contribution in [-0.2, 0) is 11.3 Å². The number of anilines is 1. The molecule has 7 nitrogen and oxygen atoms in total. The van der Waals surface area contributed by atoms with Crippen molar-refractivity contribution in [3.63, 3.8) is 0 Å². The molecule has 0 N–H and O–H groups in total. The SMILES string of the molecule is CC(C)CN1CC(=O)N(c2ncn(CC(F)(F)F)n2)C1=O. The highest BCUT2D eigenvalue weighted by Crippen LogP contribution is 2.20. The van der Waals surface area contributed by atoms with Gasteiger partial charge in [0, 0.05) is 6.54 Å². The average Bonchev–Trinajstić information content (AvgIpc) is 2.82. The summed E-state index contributed by atoms with van der Waals surface area (Å²) in [6.07, 6.45) is -3.61. The van der Waals surface area contributed by atoms with Crippen molar-refractivity contribution in [1.29, 1.82) is 0 Å². The first-order valence-electron chi connectivity index (χ1n) is 6.25. The summed E-state index contributed by atoms with van der Waals surface area (Å²) in [7, 11) is 0. The van der Waals surface area contributed by atoms with Gasteiger partial charge in [-0.3, -0.25) is 4.79 Å². The molecule has 0 atom stereocenters. The van der Waals surface area contributed by atoms with E-state index in [1.54, 1.807) is 0 Å². The van der Waals surface area contributed by atoms with Gasteiger partial charge < -0.3 is 4.90 Å². The third kappa shape index (κ3) is 3.50. The minimum Gasteiger partial charge on any atom is -0.314 e. The number of alkyl halides is 3. The molecule has 116 valence electrons. The quantitative estimate of drug-likeness (QED) is 0.785. The average molecular weight is 305 g/mol. The van der Waals surface area contributed by atoms with E-state index in [-0.39, 0.29) is 18.4 Å².